The van der Waals surface area contributed by atoms with Gasteiger partial charge in [0.1, 0.15) is 5.75 Å². The van der Waals surface area contributed by atoms with Gasteiger partial charge >= 0.3 is 0 Å². The van der Waals surface area contributed by atoms with Gasteiger partial charge in [0, 0.05) is 5.02 Å². The number of rotatable bonds is 1. The lowest BCUT2D eigenvalue weighted by molar-refractivity contribution is 0.475. The van der Waals surface area contributed by atoms with Gasteiger partial charge in [-0.15, -0.1) is 0 Å². The Morgan fingerprint density at radius 2 is 1.57 bits per heavy atom. The Hall–Kier alpha value is -1.47. The maximum atomic E-state index is 9.37. The van der Waals surface area contributed by atoms with Crippen molar-refractivity contribution in [3.05, 3.63) is 53.6 Å². The van der Waals surface area contributed by atoms with Gasteiger partial charge in [-0.2, -0.15) is 0 Å². The Morgan fingerprint density at radius 3 is 2.21 bits per heavy atom. The molecule has 0 aliphatic rings. The lowest BCUT2D eigenvalue weighted by atomic mass is 10.1. The highest BCUT2D eigenvalue weighted by atomic mass is 35.5. The lowest BCUT2D eigenvalue weighted by Crippen LogP contribution is -1.77. The van der Waals surface area contributed by atoms with Crippen LogP contribution in [0.3, 0.4) is 0 Å². The van der Waals surface area contributed by atoms with E-state index in [2.05, 4.69) is 0 Å². The van der Waals surface area contributed by atoms with E-state index in [9.17, 15) is 5.11 Å². The summed E-state index contributed by atoms with van der Waals surface area (Å²) >= 11 is 5.84. The van der Waals surface area contributed by atoms with Gasteiger partial charge in [-0.25, -0.2) is 0 Å². The molecule has 0 radical (unpaired) electrons. The Kier molecular flexibility index (Phi) is 2.42. The summed E-state index contributed by atoms with van der Waals surface area (Å²) in [5, 5.41) is 9.92. The molecule has 0 aliphatic carbocycles. The SMILES string of the molecule is Oc1cc(Cl)cc(-c2ccccc2)c1. The fourth-order valence-corrected chi connectivity index (χ4v) is 1.60. The number of hydrogen-bond donors (Lipinski definition) is 1. The molecule has 0 aliphatic heterocycles. The van der Waals surface area contributed by atoms with Crippen molar-refractivity contribution in [2.45, 2.75) is 0 Å². The Morgan fingerprint density at radius 1 is 0.857 bits per heavy atom. The van der Waals surface area contributed by atoms with Crippen LogP contribution in [0.5, 0.6) is 5.75 Å². The summed E-state index contributed by atoms with van der Waals surface area (Å²) in [7, 11) is 0. The maximum absolute atomic E-state index is 9.37. The van der Waals surface area contributed by atoms with E-state index >= 15 is 0 Å². The van der Waals surface area contributed by atoms with Gasteiger partial charge in [0.15, 0.2) is 0 Å². The number of hydrogen-bond acceptors (Lipinski definition) is 1. The van der Waals surface area contributed by atoms with Gasteiger partial charge < -0.3 is 5.11 Å². The molecule has 2 heteroatoms. The van der Waals surface area contributed by atoms with Crippen LogP contribution in [0, 0.1) is 0 Å². The minimum atomic E-state index is 0.191. The lowest BCUT2D eigenvalue weighted by Gasteiger charge is -2.02. The second kappa shape index (κ2) is 3.72. The molecule has 0 amide bonds. The molecule has 0 bridgehead atoms. The molecule has 2 aromatic carbocycles. The van der Waals surface area contributed by atoms with E-state index in [1.165, 1.54) is 6.07 Å². The molecular weight excluding hydrogens is 196 g/mol. The van der Waals surface area contributed by atoms with Crippen LogP contribution in [0.2, 0.25) is 5.02 Å². The number of aromatic hydroxyl groups is 1. The van der Waals surface area contributed by atoms with Crippen molar-refractivity contribution in [1.29, 1.82) is 0 Å². The average Bonchev–Trinajstić information content (AvgIpc) is 2.18. The summed E-state index contributed by atoms with van der Waals surface area (Å²) in [6.07, 6.45) is 0. The molecule has 0 saturated carbocycles. The van der Waals surface area contributed by atoms with Crippen molar-refractivity contribution in [3.8, 4) is 16.9 Å². The summed E-state index contributed by atoms with van der Waals surface area (Å²) < 4.78 is 0. The van der Waals surface area contributed by atoms with Crippen LogP contribution in [0.1, 0.15) is 0 Å². The molecule has 0 spiro atoms. The maximum Gasteiger partial charge on any atom is 0.117 e. The van der Waals surface area contributed by atoms with Gasteiger partial charge in [-0.1, -0.05) is 41.9 Å². The summed E-state index contributed by atoms with van der Waals surface area (Å²) in [5.41, 5.74) is 1.97. The quantitative estimate of drug-likeness (QED) is 0.751. The Bertz CT molecular complexity index is 417. The molecule has 1 nitrogen and oxygen atoms in total. The number of halogens is 1. The predicted molar refractivity (Wildman–Crippen MR) is 58.6 cm³/mol. The topological polar surface area (TPSA) is 20.2 Å². The van der Waals surface area contributed by atoms with Crippen LogP contribution in [-0.4, -0.2) is 5.11 Å². The minimum Gasteiger partial charge on any atom is -0.508 e. The van der Waals surface area contributed by atoms with Crippen molar-refractivity contribution in [1.82, 2.24) is 0 Å². The Balaban J connectivity index is 2.52. The smallest absolute Gasteiger partial charge is 0.117 e. The zero-order valence-corrected chi connectivity index (χ0v) is 8.20. The third-order valence-corrected chi connectivity index (χ3v) is 2.21. The van der Waals surface area contributed by atoms with Crippen molar-refractivity contribution < 1.29 is 5.11 Å². The van der Waals surface area contributed by atoms with Gasteiger partial charge in [0.05, 0.1) is 0 Å². The van der Waals surface area contributed by atoms with Crippen molar-refractivity contribution in [2.75, 3.05) is 0 Å². The van der Waals surface area contributed by atoms with Crippen LogP contribution in [0.4, 0.5) is 0 Å². The highest BCUT2D eigenvalue weighted by Gasteiger charge is 2.00. The number of phenolic OH excluding ortho intramolecular Hbond substituents is 1. The molecule has 70 valence electrons. The number of benzene rings is 2. The van der Waals surface area contributed by atoms with E-state index in [0.717, 1.165) is 11.1 Å². The summed E-state index contributed by atoms with van der Waals surface area (Å²) in [4.78, 5) is 0. The molecule has 2 rings (SSSR count). The molecule has 1 N–H and O–H groups in total. The molecular formula is C12H9ClO. The van der Waals surface area contributed by atoms with E-state index in [0.29, 0.717) is 5.02 Å². The van der Waals surface area contributed by atoms with E-state index in [1.807, 2.05) is 36.4 Å². The zero-order valence-electron chi connectivity index (χ0n) is 7.44. The molecule has 0 atom stereocenters. The van der Waals surface area contributed by atoms with Crippen molar-refractivity contribution >= 4 is 11.6 Å². The van der Waals surface area contributed by atoms with Crippen LogP contribution in [0.25, 0.3) is 11.1 Å². The van der Waals surface area contributed by atoms with E-state index in [1.54, 1.807) is 6.07 Å². The zero-order chi connectivity index (χ0) is 9.97. The van der Waals surface area contributed by atoms with E-state index < -0.39 is 0 Å². The van der Waals surface area contributed by atoms with Crippen molar-refractivity contribution in [3.63, 3.8) is 0 Å². The van der Waals surface area contributed by atoms with Crippen LogP contribution in [-0.2, 0) is 0 Å². The van der Waals surface area contributed by atoms with E-state index in [4.69, 9.17) is 11.6 Å². The molecule has 2 aromatic rings. The van der Waals surface area contributed by atoms with Crippen molar-refractivity contribution in [2.24, 2.45) is 0 Å². The van der Waals surface area contributed by atoms with Gasteiger partial charge in [0.25, 0.3) is 0 Å². The second-order valence-electron chi connectivity index (χ2n) is 3.06. The highest BCUT2D eigenvalue weighted by Crippen LogP contribution is 2.27. The molecule has 0 saturated heterocycles. The monoisotopic (exact) mass is 204 g/mol. The molecule has 0 unspecified atom stereocenters. The second-order valence-corrected chi connectivity index (χ2v) is 3.50. The average molecular weight is 205 g/mol. The van der Waals surface area contributed by atoms with Crippen LogP contribution >= 0.6 is 11.6 Å². The standard InChI is InChI=1S/C12H9ClO/c13-11-6-10(7-12(14)8-11)9-4-2-1-3-5-9/h1-8,14H. The predicted octanol–water partition coefficient (Wildman–Crippen LogP) is 3.71. The fraction of sp³-hybridized carbons (Fsp3) is 0. The first-order chi connectivity index (χ1) is 6.75. The molecule has 14 heavy (non-hydrogen) atoms. The minimum absolute atomic E-state index is 0.191. The Labute approximate surface area is 87.6 Å². The van der Waals surface area contributed by atoms with E-state index in [-0.39, 0.29) is 5.75 Å². The summed E-state index contributed by atoms with van der Waals surface area (Å²) in [6.45, 7) is 0. The molecule has 0 aromatic heterocycles. The largest absolute Gasteiger partial charge is 0.508 e. The highest BCUT2D eigenvalue weighted by molar-refractivity contribution is 6.31. The van der Waals surface area contributed by atoms with Crippen LogP contribution in [0.15, 0.2) is 48.5 Å². The van der Waals surface area contributed by atoms with Gasteiger partial charge in [-0.05, 0) is 29.3 Å². The van der Waals surface area contributed by atoms with Crippen LogP contribution < -0.4 is 0 Å². The third kappa shape index (κ3) is 1.88. The molecule has 0 fully saturated rings. The van der Waals surface area contributed by atoms with Gasteiger partial charge in [0.2, 0.25) is 0 Å². The summed E-state index contributed by atoms with van der Waals surface area (Å²) in [5.74, 6) is 0.191. The first kappa shape index (κ1) is 9.10. The third-order valence-electron chi connectivity index (χ3n) is 1.99. The molecule has 0 heterocycles. The first-order valence-corrected chi connectivity index (χ1v) is 4.68. The number of phenols is 1. The normalized spacial score (nSPS) is 10.1. The fourth-order valence-electron chi connectivity index (χ4n) is 1.37. The summed E-state index contributed by atoms with van der Waals surface area (Å²) in [6, 6.07) is 14.9. The first-order valence-electron chi connectivity index (χ1n) is 4.31. The van der Waals surface area contributed by atoms with Gasteiger partial charge in [-0.3, -0.25) is 0 Å².